The molecule has 3 aromatic rings. The van der Waals surface area contributed by atoms with Crippen molar-refractivity contribution < 1.29 is 4.74 Å². The quantitative estimate of drug-likeness (QED) is 0.751. The van der Waals surface area contributed by atoms with Crippen LogP contribution in [0.25, 0.3) is 22.2 Å². The fourth-order valence-corrected chi connectivity index (χ4v) is 2.15. The highest BCUT2D eigenvalue weighted by molar-refractivity contribution is 5.87. The van der Waals surface area contributed by atoms with E-state index >= 15 is 0 Å². The van der Waals surface area contributed by atoms with Crippen molar-refractivity contribution in [1.29, 1.82) is 5.26 Å². The van der Waals surface area contributed by atoms with Crippen molar-refractivity contribution in [3.63, 3.8) is 0 Å². The summed E-state index contributed by atoms with van der Waals surface area (Å²) < 4.78 is 5.23. The predicted octanol–water partition coefficient (Wildman–Crippen LogP) is 3.72. The predicted molar refractivity (Wildman–Crippen MR) is 75.0 cm³/mol. The van der Waals surface area contributed by atoms with Crippen LogP contribution >= 0.6 is 0 Å². The van der Waals surface area contributed by atoms with E-state index in [1.54, 1.807) is 7.11 Å². The van der Waals surface area contributed by atoms with Gasteiger partial charge in [0.05, 0.1) is 18.7 Å². The maximum absolute atomic E-state index is 8.91. The molecule has 0 bridgehead atoms. The number of aromatic amines is 1. The van der Waals surface area contributed by atoms with E-state index < -0.39 is 0 Å². The van der Waals surface area contributed by atoms with Crippen LogP contribution in [0, 0.1) is 11.3 Å². The summed E-state index contributed by atoms with van der Waals surface area (Å²) in [5.41, 5.74) is 3.78. The lowest BCUT2D eigenvalue weighted by atomic mass is 10.1. The van der Waals surface area contributed by atoms with E-state index in [4.69, 9.17) is 10.00 Å². The molecule has 0 atom stereocenters. The molecule has 3 heteroatoms. The van der Waals surface area contributed by atoms with E-state index in [0.717, 1.165) is 27.9 Å². The van der Waals surface area contributed by atoms with Gasteiger partial charge in [-0.15, -0.1) is 0 Å². The topological polar surface area (TPSA) is 48.8 Å². The Morgan fingerprint density at radius 3 is 2.79 bits per heavy atom. The molecular weight excluding hydrogens is 236 g/mol. The number of methoxy groups -OCH3 is 1. The molecule has 19 heavy (non-hydrogen) atoms. The standard InChI is InChI=1S/C16H12N2O/c1-19-14-4-2-3-12(8-14)16-9-13-7-11(10-17)5-6-15(13)18-16/h2-9,18H,1H3. The van der Waals surface area contributed by atoms with Gasteiger partial charge >= 0.3 is 0 Å². The Balaban J connectivity index is 2.12. The molecule has 0 fully saturated rings. The third-order valence-electron chi connectivity index (χ3n) is 3.13. The van der Waals surface area contributed by atoms with E-state index in [1.807, 2.05) is 48.5 Å². The molecule has 0 amide bonds. The maximum Gasteiger partial charge on any atom is 0.119 e. The Morgan fingerprint density at radius 1 is 1.11 bits per heavy atom. The molecule has 1 heterocycles. The molecule has 0 radical (unpaired) electrons. The fourth-order valence-electron chi connectivity index (χ4n) is 2.15. The number of H-pyrrole nitrogens is 1. The van der Waals surface area contributed by atoms with Gasteiger partial charge in [0.25, 0.3) is 0 Å². The van der Waals surface area contributed by atoms with Crippen LogP contribution in [0.5, 0.6) is 5.75 Å². The Morgan fingerprint density at radius 2 is 2.00 bits per heavy atom. The molecule has 92 valence electrons. The van der Waals surface area contributed by atoms with Gasteiger partial charge in [0.2, 0.25) is 0 Å². The molecular formula is C16H12N2O. The summed E-state index contributed by atoms with van der Waals surface area (Å²) >= 11 is 0. The van der Waals surface area contributed by atoms with Gasteiger partial charge in [0.1, 0.15) is 5.75 Å². The number of nitrogens with one attached hydrogen (secondary N) is 1. The summed E-state index contributed by atoms with van der Waals surface area (Å²) in [6.07, 6.45) is 0. The Labute approximate surface area is 111 Å². The zero-order chi connectivity index (χ0) is 13.2. The third-order valence-corrected chi connectivity index (χ3v) is 3.13. The number of hydrogen-bond acceptors (Lipinski definition) is 2. The molecule has 0 unspecified atom stereocenters. The SMILES string of the molecule is COc1cccc(-c2cc3cc(C#N)ccc3[nH]2)c1. The first-order valence-corrected chi connectivity index (χ1v) is 5.97. The summed E-state index contributed by atoms with van der Waals surface area (Å²) in [6.45, 7) is 0. The van der Waals surface area contributed by atoms with Gasteiger partial charge in [-0.2, -0.15) is 5.26 Å². The zero-order valence-corrected chi connectivity index (χ0v) is 10.5. The highest BCUT2D eigenvalue weighted by atomic mass is 16.5. The van der Waals surface area contributed by atoms with Crippen LogP contribution in [-0.2, 0) is 0 Å². The van der Waals surface area contributed by atoms with Gasteiger partial charge in [-0.1, -0.05) is 12.1 Å². The lowest BCUT2D eigenvalue weighted by Gasteiger charge is -2.02. The Kier molecular flexibility index (Phi) is 2.70. The van der Waals surface area contributed by atoms with Crippen molar-refractivity contribution in [2.75, 3.05) is 7.11 Å². The van der Waals surface area contributed by atoms with E-state index in [-0.39, 0.29) is 0 Å². The van der Waals surface area contributed by atoms with Crippen molar-refractivity contribution in [3.05, 3.63) is 54.1 Å². The van der Waals surface area contributed by atoms with Gasteiger partial charge < -0.3 is 9.72 Å². The summed E-state index contributed by atoms with van der Waals surface area (Å²) in [6, 6.07) is 17.7. The summed E-state index contributed by atoms with van der Waals surface area (Å²) in [5, 5.41) is 9.95. The number of benzene rings is 2. The summed E-state index contributed by atoms with van der Waals surface area (Å²) in [7, 11) is 1.66. The molecule has 0 spiro atoms. The average molecular weight is 248 g/mol. The van der Waals surface area contributed by atoms with E-state index in [0.29, 0.717) is 5.56 Å². The highest BCUT2D eigenvalue weighted by Gasteiger charge is 2.05. The van der Waals surface area contributed by atoms with Crippen LogP contribution in [0.1, 0.15) is 5.56 Å². The van der Waals surface area contributed by atoms with Gasteiger partial charge in [-0.3, -0.25) is 0 Å². The van der Waals surface area contributed by atoms with Crippen LogP contribution in [0.4, 0.5) is 0 Å². The maximum atomic E-state index is 8.91. The number of nitriles is 1. The van der Waals surface area contributed by atoms with E-state index in [1.165, 1.54) is 0 Å². The molecule has 1 N–H and O–H groups in total. The first-order chi connectivity index (χ1) is 9.30. The van der Waals surface area contributed by atoms with Crippen LogP contribution in [0.3, 0.4) is 0 Å². The van der Waals surface area contributed by atoms with Gasteiger partial charge in [0, 0.05) is 22.2 Å². The third kappa shape index (κ3) is 2.04. The molecule has 3 nitrogen and oxygen atoms in total. The minimum atomic E-state index is 0.670. The van der Waals surface area contributed by atoms with Crippen LogP contribution in [-0.4, -0.2) is 12.1 Å². The van der Waals surface area contributed by atoms with Gasteiger partial charge in [-0.05, 0) is 36.4 Å². The number of aromatic nitrogens is 1. The first kappa shape index (κ1) is 11.4. The van der Waals surface area contributed by atoms with Crippen molar-refractivity contribution in [3.8, 4) is 23.1 Å². The van der Waals surface area contributed by atoms with Crippen LogP contribution < -0.4 is 4.74 Å². The average Bonchev–Trinajstić information content (AvgIpc) is 2.90. The monoisotopic (exact) mass is 248 g/mol. The number of hydrogen-bond donors (Lipinski definition) is 1. The molecule has 0 saturated carbocycles. The molecule has 0 aliphatic carbocycles. The Hall–Kier alpha value is -2.73. The molecule has 0 aliphatic rings. The van der Waals surface area contributed by atoms with Crippen molar-refractivity contribution in [2.24, 2.45) is 0 Å². The largest absolute Gasteiger partial charge is 0.497 e. The number of ether oxygens (including phenoxy) is 1. The second-order valence-corrected chi connectivity index (χ2v) is 4.33. The second-order valence-electron chi connectivity index (χ2n) is 4.33. The molecule has 3 rings (SSSR count). The fraction of sp³-hybridized carbons (Fsp3) is 0.0625. The normalized spacial score (nSPS) is 10.3. The number of nitrogens with zero attached hydrogens (tertiary/aromatic N) is 1. The van der Waals surface area contributed by atoms with Crippen LogP contribution in [0.15, 0.2) is 48.5 Å². The second kappa shape index (κ2) is 4.51. The molecule has 2 aromatic carbocycles. The first-order valence-electron chi connectivity index (χ1n) is 5.97. The van der Waals surface area contributed by atoms with Crippen molar-refractivity contribution in [2.45, 2.75) is 0 Å². The minimum absolute atomic E-state index is 0.670. The number of fused-ring (bicyclic) bond motifs is 1. The van der Waals surface area contributed by atoms with Crippen molar-refractivity contribution >= 4 is 10.9 Å². The molecule has 0 aliphatic heterocycles. The zero-order valence-electron chi connectivity index (χ0n) is 10.5. The molecule has 1 aromatic heterocycles. The number of rotatable bonds is 2. The lowest BCUT2D eigenvalue weighted by molar-refractivity contribution is 0.415. The highest BCUT2D eigenvalue weighted by Crippen LogP contribution is 2.27. The van der Waals surface area contributed by atoms with Crippen LogP contribution in [0.2, 0.25) is 0 Å². The summed E-state index contributed by atoms with van der Waals surface area (Å²) in [4.78, 5) is 3.35. The minimum Gasteiger partial charge on any atom is -0.497 e. The van der Waals surface area contributed by atoms with Gasteiger partial charge in [0.15, 0.2) is 0 Å². The van der Waals surface area contributed by atoms with Crippen molar-refractivity contribution in [1.82, 2.24) is 4.98 Å². The van der Waals surface area contributed by atoms with Gasteiger partial charge in [-0.25, -0.2) is 0 Å². The molecule has 0 saturated heterocycles. The smallest absolute Gasteiger partial charge is 0.119 e. The van der Waals surface area contributed by atoms with E-state index in [9.17, 15) is 0 Å². The Bertz CT molecular complexity index is 781. The summed E-state index contributed by atoms with van der Waals surface area (Å²) in [5.74, 6) is 0.828. The lowest BCUT2D eigenvalue weighted by Crippen LogP contribution is -1.83. The van der Waals surface area contributed by atoms with E-state index in [2.05, 4.69) is 11.1 Å².